The average molecular weight is 387 g/mol. The molecule has 1 aliphatic rings. The van der Waals surface area contributed by atoms with Crippen LogP contribution in [0.5, 0.6) is 11.5 Å². The summed E-state index contributed by atoms with van der Waals surface area (Å²) in [4.78, 5) is 13.4. The topological polar surface area (TPSA) is 80.0 Å². The van der Waals surface area contributed by atoms with E-state index in [-0.39, 0.29) is 0 Å². The molecular weight excluding hydrogens is 358 g/mol. The maximum absolute atomic E-state index is 5.51. The van der Waals surface area contributed by atoms with Crippen molar-refractivity contribution in [1.29, 1.82) is 0 Å². The van der Waals surface area contributed by atoms with Crippen LogP contribution in [0.15, 0.2) is 29.5 Å². The smallest absolute Gasteiger partial charge is 0.194 e. The molecule has 1 N–H and O–H groups in total. The lowest BCUT2D eigenvalue weighted by atomic mass is 10.1. The Labute approximate surface area is 166 Å². The Morgan fingerprint density at radius 3 is 2.57 bits per heavy atom. The van der Waals surface area contributed by atoms with Crippen LogP contribution in [0.3, 0.4) is 0 Å². The van der Waals surface area contributed by atoms with E-state index in [0.717, 1.165) is 61.6 Å². The number of nitrogens with one attached hydrogen (secondary N) is 1. The van der Waals surface area contributed by atoms with Gasteiger partial charge in [-0.05, 0) is 18.2 Å². The van der Waals surface area contributed by atoms with Crippen LogP contribution < -0.4 is 14.8 Å². The van der Waals surface area contributed by atoms with Gasteiger partial charge in [-0.25, -0.2) is 4.98 Å². The maximum Gasteiger partial charge on any atom is 0.194 e. The van der Waals surface area contributed by atoms with Gasteiger partial charge in [0.2, 0.25) is 0 Å². The van der Waals surface area contributed by atoms with Crippen molar-refractivity contribution in [1.82, 2.24) is 29.9 Å². The summed E-state index contributed by atoms with van der Waals surface area (Å²) < 4.78 is 12.6. The fourth-order valence-electron chi connectivity index (χ4n) is 3.33. The van der Waals surface area contributed by atoms with Gasteiger partial charge in [0.1, 0.15) is 23.7 Å². The van der Waals surface area contributed by atoms with Gasteiger partial charge >= 0.3 is 0 Å². The summed E-state index contributed by atoms with van der Waals surface area (Å²) in [5, 5.41) is 7.47. The fraction of sp³-hybridized carbons (Fsp3) is 0.526. The lowest BCUT2D eigenvalue weighted by molar-refractivity contribution is 0.171. The molecule has 1 aromatic carbocycles. The summed E-state index contributed by atoms with van der Waals surface area (Å²) in [7, 11) is 7.09. The van der Waals surface area contributed by atoms with Crippen LogP contribution in [-0.2, 0) is 20.1 Å². The number of hydrogen-bond donors (Lipinski definition) is 1. The van der Waals surface area contributed by atoms with Gasteiger partial charge in [0, 0.05) is 52.4 Å². The largest absolute Gasteiger partial charge is 0.497 e. The molecule has 28 heavy (non-hydrogen) atoms. The molecule has 9 heteroatoms. The Hall–Kier alpha value is -2.81. The number of benzene rings is 1. The van der Waals surface area contributed by atoms with E-state index in [2.05, 4.69) is 30.2 Å². The highest BCUT2D eigenvalue weighted by Crippen LogP contribution is 2.25. The number of aryl methyl sites for hydroxylation is 1. The number of ether oxygens (including phenoxy) is 2. The molecule has 0 radical (unpaired) electrons. The van der Waals surface area contributed by atoms with Crippen molar-refractivity contribution in [2.45, 2.75) is 13.1 Å². The fourth-order valence-corrected chi connectivity index (χ4v) is 3.33. The van der Waals surface area contributed by atoms with E-state index < -0.39 is 0 Å². The monoisotopic (exact) mass is 387 g/mol. The van der Waals surface area contributed by atoms with Crippen molar-refractivity contribution >= 4 is 5.96 Å². The van der Waals surface area contributed by atoms with Crippen LogP contribution in [0, 0.1) is 0 Å². The Morgan fingerprint density at radius 1 is 1.18 bits per heavy atom. The van der Waals surface area contributed by atoms with Crippen molar-refractivity contribution in [3.05, 3.63) is 35.9 Å². The summed E-state index contributed by atoms with van der Waals surface area (Å²) in [5.74, 6) is 3.51. The van der Waals surface area contributed by atoms with Crippen LogP contribution in [0.25, 0.3) is 0 Å². The molecule has 2 heterocycles. The highest BCUT2D eigenvalue weighted by molar-refractivity contribution is 5.79. The van der Waals surface area contributed by atoms with Gasteiger partial charge in [-0.1, -0.05) is 0 Å². The predicted octanol–water partition coefficient (Wildman–Crippen LogP) is 0.726. The Bertz CT molecular complexity index is 797. The number of aromatic nitrogens is 3. The van der Waals surface area contributed by atoms with Gasteiger partial charge in [-0.3, -0.25) is 14.6 Å². The molecule has 1 aromatic heterocycles. The SMILES string of the molecule is CN=C(NCc1ncnn1C)N1CCN(Cc2cc(OC)ccc2OC)CC1. The molecule has 0 aliphatic carbocycles. The maximum atomic E-state index is 5.51. The van der Waals surface area contributed by atoms with E-state index in [9.17, 15) is 0 Å². The van der Waals surface area contributed by atoms with Crippen molar-refractivity contribution in [2.24, 2.45) is 12.0 Å². The van der Waals surface area contributed by atoms with Crippen molar-refractivity contribution in [2.75, 3.05) is 47.4 Å². The van der Waals surface area contributed by atoms with Gasteiger partial charge in [0.05, 0.1) is 20.8 Å². The van der Waals surface area contributed by atoms with E-state index in [4.69, 9.17) is 9.47 Å². The normalized spacial score (nSPS) is 15.6. The molecule has 0 saturated carbocycles. The number of rotatable bonds is 6. The first-order valence-electron chi connectivity index (χ1n) is 9.36. The third-order valence-electron chi connectivity index (χ3n) is 4.97. The first kappa shape index (κ1) is 19.9. The minimum atomic E-state index is 0.602. The molecule has 0 unspecified atom stereocenters. The molecule has 0 atom stereocenters. The zero-order chi connectivity index (χ0) is 19.9. The number of piperazine rings is 1. The molecule has 0 amide bonds. The Morgan fingerprint density at radius 2 is 1.96 bits per heavy atom. The highest BCUT2D eigenvalue weighted by Gasteiger charge is 2.21. The van der Waals surface area contributed by atoms with Gasteiger partial charge in [0.25, 0.3) is 0 Å². The number of guanidine groups is 1. The van der Waals surface area contributed by atoms with Gasteiger partial charge < -0.3 is 19.7 Å². The summed E-state index contributed by atoms with van der Waals surface area (Å²) >= 11 is 0. The Kier molecular flexibility index (Phi) is 6.70. The highest BCUT2D eigenvalue weighted by atomic mass is 16.5. The zero-order valence-electron chi connectivity index (χ0n) is 17.1. The second-order valence-electron chi connectivity index (χ2n) is 6.64. The van der Waals surface area contributed by atoms with Crippen LogP contribution in [0.2, 0.25) is 0 Å². The second-order valence-corrected chi connectivity index (χ2v) is 6.64. The van der Waals surface area contributed by atoms with E-state index >= 15 is 0 Å². The van der Waals surface area contributed by atoms with E-state index in [1.54, 1.807) is 25.2 Å². The van der Waals surface area contributed by atoms with E-state index in [1.165, 1.54) is 0 Å². The number of nitrogens with zero attached hydrogens (tertiary/aromatic N) is 6. The molecular formula is C19H29N7O2. The van der Waals surface area contributed by atoms with Gasteiger partial charge in [0.15, 0.2) is 5.96 Å². The molecule has 3 rings (SSSR count). The molecule has 9 nitrogen and oxygen atoms in total. The third kappa shape index (κ3) is 4.72. The summed E-state index contributed by atoms with van der Waals surface area (Å²) in [6.45, 7) is 5.15. The predicted molar refractivity (Wildman–Crippen MR) is 108 cm³/mol. The minimum absolute atomic E-state index is 0.602. The molecule has 0 bridgehead atoms. The van der Waals surface area contributed by atoms with Crippen molar-refractivity contribution in [3.63, 3.8) is 0 Å². The minimum Gasteiger partial charge on any atom is -0.497 e. The molecule has 2 aromatic rings. The summed E-state index contributed by atoms with van der Waals surface area (Å²) in [6.07, 6.45) is 1.56. The van der Waals surface area contributed by atoms with Crippen molar-refractivity contribution < 1.29 is 9.47 Å². The average Bonchev–Trinajstić information content (AvgIpc) is 3.14. The van der Waals surface area contributed by atoms with Crippen LogP contribution in [-0.4, -0.2) is 78.0 Å². The van der Waals surface area contributed by atoms with Crippen LogP contribution in [0.1, 0.15) is 11.4 Å². The molecule has 152 valence electrons. The molecule has 0 spiro atoms. The molecule has 1 aliphatic heterocycles. The third-order valence-corrected chi connectivity index (χ3v) is 4.97. The van der Waals surface area contributed by atoms with Crippen LogP contribution >= 0.6 is 0 Å². The summed E-state index contributed by atoms with van der Waals surface area (Å²) in [6, 6.07) is 5.93. The molecule has 1 fully saturated rings. The van der Waals surface area contributed by atoms with Gasteiger partial charge in [-0.2, -0.15) is 5.10 Å². The van der Waals surface area contributed by atoms with Crippen molar-refractivity contribution in [3.8, 4) is 11.5 Å². The number of hydrogen-bond acceptors (Lipinski definition) is 6. The lowest BCUT2D eigenvalue weighted by Gasteiger charge is -2.36. The first-order chi connectivity index (χ1) is 13.6. The van der Waals surface area contributed by atoms with Crippen LogP contribution in [0.4, 0.5) is 0 Å². The van der Waals surface area contributed by atoms with Gasteiger partial charge in [-0.15, -0.1) is 0 Å². The quantitative estimate of drug-likeness (QED) is 0.578. The first-order valence-corrected chi connectivity index (χ1v) is 9.36. The van der Waals surface area contributed by atoms with E-state index in [1.807, 2.05) is 32.3 Å². The second kappa shape index (κ2) is 9.41. The standard InChI is InChI=1S/C19H29N7O2/c1-20-19(21-12-18-22-14-23-24(18)2)26-9-7-25(8-10-26)13-15-11-16(27-3)5-6-17(15)28-4/h5-6,11,14H,7-10,12-13H2,1-4H3,(H,20,21). The Balaban J connectivity index is 1.54. The zero-order valence-corrected chi connectivity index (χ0v) is 17.1. The number of aliphatic imine (C=N–C) groups is 1. The van der Waals surface area contributed by atoms with E-state index in [0.29, 0.717) is 6.54 Å². The lowest BCUT2D eigenvalue weighted by Crippen LogP contribution is -2.52. The molecule has 1 saturated heterocycles. The summed E-state index contributed by atoms with van der Waals surface area (Å²) in [5.41, 5.74) is 1.14. The number of methoxy groups -OCH3 is 2.